The number of hydrogen-bond donors (Lipinski definition) is 2. The number of aromatic nitrogens is 1. The first kappa shape index (κ1) is 21.9. The molecule has 32 heavy (non-hydrogen) atoms. The van der Waals surface area contributed by atoms with Gasteiger partial charge in [-0.1, -0.05) is 6.07 Å². The van der Waals surface area contributed by atoms with E-state index < -0.39 is 10.2 Å². The van der Waals surface area contributed by atoms with Gasteiger partial charge in [-0.2, -0.15) is 8.42 Å². The number of carbonyl (C=O) groups is 1. The minimum atomic E-state index is -3.83. The van der Waals surface area contributed by atoms with Gasteiger partial charge >= 0.3 is 10.2 Å². The van der Waals surface area contributed by atoms with Crippen LogP contribution in [0.5, 0.6) is 5.75 Å². The molecule has 4 rings (SSSR count). The largest absolute Gasteiger partial charge is 0.492 e. The Bertz CT molecular complexity index is 1160. The molecule has 2 aromatic rings. The van der Waals surface area contributed by atoms with Gasteiger partial charge in [0.25, 0.3) is 5.91 Å². The molecule has 0 unspecified atom stereocenters. The van der Waals surface area contributed by atoms with E-state index in [0.29, 0.717) is 29.2 Å². The molecule has 2 aliphatic rings. The average molecular weight is 459 g/mol. The predicted octanol–water partition coefficient (Wildman–Crippen LogP) is 1.45. The van der Waals surface area contributed by atoms with E-state index in [2.05, 4.69) is 19.0 Å². The van der Waals surface area contributed by atoms with Crippen LogP contribution in [0.2, 0.25) is 0 Å². The molecular formula is C21H26N6O4S. The number of nitrogens with zero attached hydrogens (tertiary/aromatic N) is 4. The van der Waals surface area contributed by atoms with Crippen LogP contribution in [0, 0.1) is 5.92 Å². The van der Waals surface area contributed by atoms with Crippen molar-refractivity contribution < 1.29 is 17.9 Å². The van der Waals surface area contributed by atoms with Gasteiger partial charge in [-0.05, 0) is 37.1 Å². The maximum absolute atomic E-state index is 12.3. The molecule has 1 fully saturated rings. The Labute approximate surface area is 187 Å². The number of amides is 1. The standard InChI is InChI=1S/C21H26N6O4S/c1-26(2)21(28)15-8-9-23-18(11-15)27-10-4-5-14(12-27)13-31-17-7-3-6-16-19(17)20(22)25-32(29,30)24-16/h3,6-9,11,14,24H,4-5,10,12-13H2,1-2H3,(H2,22,25)/t14-/m0/s1. The molecule has 11 heteroatoms. The fourth-order valence-corrected chi connectivity index (χ4v) is 4.78. The molecule has 3 heterocycles. The molecule has 1 saturated heterocycles. The van der Waals surface area contributed by atoms with Crippen molar-refractivity contribution in [3.05, 3.63) is 47.7 Å². The van der Waals surface area contributed by atoms with Crippen molar-refractivity contribution in [1.29, 1.82) is 0 Å². The van der Waals surface area contributed by atoms with Crippen LogP contribution in [-0.4, -0.2) is 63.8 Å². The van der Waals surface area contributed by atoms with Gasteiger partial charge in [0, 0.05) is 44.9 Å². The Hall–Kier alpha value is -3.34. The minimum Gasteiger partial charge on any atom is -0.492 e. The number of piperidine rings is 1. The summed E-state index contributed by atoms with van der Waals surface area (Å²) in [6.45, 7) is 2.02. The lowest BCUT2D eigenvalue weighted by Gasteiger charge is -2.34. The molecule has 170 valence electrons. The van der Waals surface area contributed by atoms with Crippen LogP contribution in [0.3, 0.4) is 0 Å². The summed E-state index contributed by atoms with van der Waals surface area (Å²) >= 11 is 0. The second-order valence-corrected chi connectivity index (χ2v) is 9.44. The minimum absolute atomic E-state index is 0.0609. The number of ether oxygens (including phenoxy) is 1. The highest BCUT2D eigenvalue weighted by Crippen LogP contribution is 2.31. The molecule has 3 N–H and O–H groups in total. The second kappa shape index (κ2) is 8.65. The SMILES string of the molecule is CN(C)C(=O)c1ccnc(N2CCC[C@H](COc3cccc4c3C(N)=NS(=O)(=O)N4)C2)c1. The number of nitrogens with one attached hydrogen (secondary N) is 1. The summed E-state index contributed by atoms with van der Waals surface area (Å²) in [7, 11) is -0.387. The number of amidine groups is 1. The van der Waals surface area contributed by atoms with E-state index in [-0.39, 0.29) is 17.7 Å². The molecule has 1 amide bonds. The van der Waals surface area contributed by atoms with Crippen LogP contribution in [0.15, 0.2) is 40.9 Å². The molecule has 0 bridgehead atoms. The van der Waals surface area contributed by atoms with Gasteiger partial charge in [0.05, 0.1) is 17.9 Å². The fourth-order valence-electron chi connectivity index (χ4n) is 3.94. The number of pyridine rings is 1. The van der Waals surface area contributed by atoms with Gasteiger partial charge in [0.2, 0.25) is 0 Å². The number of anilines is 2. The summed E-state index contributed by atoms with van der Waals surface area (Å²) in [4.78, 5) is 20.4. The Kier molecular flexibility index (Phi) is 5.92. The predicted molar refractivity (Wildman–Crippen MR) is 122 cm³/mol. The van der Waals surface area contributed by atoms with Crippen LogP contribution >= 0.6 is 0 Å². The van der Waals surface area contributed by atoms with E-state index in [4.69, 9.17) is 10.5 Å². The number of hydrogen-bond acceptors (Lipinski definition) is 7. The van der Waals surface area contributed by atoms with E-state index in [1.165, 1.54) is 0 Å². The molecule has 0 aliphatic carbocycles. The molecule has 1 atom stereocenters. The first-order valence-corrected chi connectivity index (χ1v) is 11.7. The van der Waals surface area contributed by atoms with Gasteiger partial charge in [-0.15, -0.1) is 4.40 Å². The number of nitrogens with two attached hydrogens (primary N) is 1. The maximum Gasteiger partial charge on any atom is 0.344 e. The van der Waals surface area contributed by atoms with E-state index in [0.717, 1.165) is 31.7 Å². The number of rotatable bonds is 5. The Morgan fingerprint density at radius 1 is 1.34 bits per heavy atom. The molecule has 2 aliphatic heterocycles. The zero-order valence-corrected chi connectivity index (χ0v) is 18.8. The summed E-state index contributed by atoms with van der Waals surface area (Å²) in [5.41, 5.74) is 7.30. The van der Waals surface area contributed by atoms with Crippen molar-refractivity contribution in [1.82, 2.24) is 9.88 Å². The van der Waals surface area contributed by atoms with Crippen LogP contribution in [-0.2, 0) is 10.2 Å². The third-order valence-electron chi connectivity index (χ3n) is 5.46. The first-order valence-electron chi connectivity index (χ1n) is 10.3. The van der Waals surface area contributed by atoms with Gasteiger partial charge < -0.3 is 20.3 Å². The Morgan fingerprint density at radius 2 is 2.16 bits per heavy atom. The zero-order chi connectivity index (χ0) is 22.9. The fraction of sp³-hybridized carbons (Fsp3) is 0.381. The van der Waals surface area contributed by atoms with E-state index in [1.54, 1.807) is 49.5 Å². The Morgan fingerprint density at radius 3 is 2.94 bits per heavy atom. The molecule has 1 aromatic heterocycles. The third kappa shape index (κ3) is 4.62. The third-order valence-corrected chi connectivity index (χ3v) is 6.37. The molecule has 0 radical (unpaired) electrons. The second-order valence-electron chi connectivity index (χ2n) is 8.10. The van der Waals surface area contributed by atoms with Crippen molar-refractivity contribution in [2.75, 3.05) is 43.4 Å². The van der Waals surface area contributed by atoms with E-state index >= 15 is 0 Å². The smallest absolute Gasteiger partial charge is 0.344 e. The van der Waals surface area contributed by atoms with Crippen LogP contribution < -0.4 is 20.1 Å². The van der Waals surface area contributed by atoms with Gasteiger partial charge in [-0.25, -0.2) is 4.98 Å². The molecule has 0 spiro atoms. The molecular weight excluding hydrogens is 432 g/mol. The molecule has 10 nitrogen and oxygen atoms in total. The summed E-state index contributed by atoms with van der Waals surface area (Å²) < 4.78 is 35.5. The topological polar surface area (TPSA) is 130 Å². The van der Waals surface area contributed by atoms with Crippen LogP contribution in [0.25, 0.3) is 0 Å². The normalized spacial score (nSPS) is 19.4. The highest BCUT2D eigenvalue weighted by molar-refractivity contribution is 7.91. The number of carbonyl (C=O) groups excluding carboxylic acids is 1. The summed E-state index contributed by atoms with van der Waals surface area (Å²) in [5, 5.41) is 0. The highest BCUT2D eigenvalue weighted by Gasteiger charge is 2.26. The number of fused-ring (bicyclic) bond motifs is 1. The molecule has 0 saturated carbocycles. The monoisotopic (exact) mass is 458 g/mol. The summed E-state index contributed by atoms with van der Waals surface area (Å²) in [5.74, 6) is 1.33. The zero-order valence-electron chi connectivity index (χ0n) is 18.0. The summed E-state index contributed by atoms with van der Waals surface area (Å²) in [6, 6.07) is 8.62. The van der Waals surface area contributed by atoms with E-state index in [1.807, 2.05) is 6.07 Å². The van der Waals surface area contributed by atoms with Gasteiger partial charge in [-0.3, -0.25) is 9.52 Å². The highest BCUT2D eigenvalue weighted by atomic mass is 32.2. The lowest BCUT2D eigenvalue weighted by Crippen LogP contribution is -2.38. The lowest BCUT2D eigenvalue weighted by atomic mass is 9.98. The van der Waals surface area contributed by atoms with E-state index in [9.17, 15) is 13.2 Å². The van der Waals surface area contributed by atoms with Crippen molar-refractivity contribution in [3.63, 3.8) is 0 Å². The Balaban J connectivity index is 1.46. The van der Waals surface area contributed by atoms with Gasteiger partial charge in [0.15, 0.2) is 5.84 Å². The van der Waals surface area contributed by atoms with Crippen molar-refractivity contribution >= 4 is 33.5 Å². The quantitative estimate of drug-likeness (QED) is 0.693. The van der Waals surface area contributed by atoms with Crippen LogP contribution in [0.1, 0.15) is 28.8 Å². The average Bonchev–Trinajstić information content (AvgIpc) is 2.76. The lowest BCUT2D eigenvalue weighted by molar-refractivity contribution is 0.0827. The molecule has 1 aromatic carbocycles. The van der Waals surface area contributed by atoms with Gasteiger partial charge in [0.1, 0.15) is 11.6 Å². The maximum atomic E-state index is 12.3. The van der Waals surface area contributed by atoms with Crippen molar-refractivity contribution in [3.8, 4) is 5.75 Å². The first-order chi connectivity index (χ1) is 15.2. The van der Waals surface area contributed by atoms with Crippen LogP contribution in [0.4, 0.5) is 11.5 Å². The van der Waals surface area contributed by atoms with Crippen molar-refractivity contribution in [2.45, 2.75) is 12.8 Å². The number of benzene rings is 1. The van der Waals surface area contributed by atoms with Crippen molar-refractivity contribution in [2.24, 2.45) is 16.0 Å². The summed E-state index contributed by atoms with van der Waals surface area (Å²) in [6.07, 6.45) is 3.61.